The van der Waals surface area contributed by atoms with Gasteiger partial charge in [0.1, 0.15) is 11.6 Å². The molecule has 10 heteroatoms. The Labute approximate surface area is 179 Å². The maximum atomic E-state index is 14.6. The van der Waals surface area contributed by atoms with Gasteiger partial charge in [-0.25, -0.2) is 14.4 Å². The SMILES string of the molecule is NC(=O)c1cc(F)c(N[C@@H]2CCCC[C@@H]2N)nc1Nc1ccc(N2CCCC2=O)nc1. The monoisotopic (exact) mass is 427 g/mol. The Morgan fingerprint density at radius 3 is 2.65 bits per heavy atom. The number of nitrogens with one attached hydrogen (secondary N) is 2. The van der Waals surface area contributed by atoms with Gasteiger partial charge in [-0.05, 0) is 37.5 Å². The van der Waals surface area contributed by atoms with Crippen molar-refractivity contribution in [2.45, 2.75) is 50.6 Å². The van der Waals surface area contributed by atoms with Crippen molar-refractivity contribution in [3.63, 3.8) is 0 Å². The predicted octanol–water partition coefficient (Wildman–Crippen LogP) is 2.27. The molecular weight excluding hydrogens is 401 g/mol. The normalized spacial score (nSPS) is 21.2. The first-order valence-corrected chi connectivity index (χ1v) is 10.5. The summed E-state index contributed by atoms with van der Waals surface area (Å²) in [7, 11) is 0. The van der Waals surface area contributed by atoms with E-state index in [1.807, 2.05) is 0 Å². The molecule has 0 aromatic carbocycles. The quantitative estimate of drug-likeness (QED) is 0.554. The van der Waals surface area contributed by atoms with Crippen molar-refractivity contribution in [1.82, 2.24) is 9.97 Å². The summed E-state index contributed by atoms with van der Waals surface area (Å²) in [5, 5.41) is 6.06. The van der Waals surface area contributed by atoms with Crippen LogP contribution in [0.25, 0.3) is 0 Å². The minimum absolute atomic E-state index is 0.0158. The fourth-order valence-electron chi connectivity index (χ4n) is 4.03. The lowest BCUT2D eigenvalue weighted by Gasteiger charge is -2.30. The molecule has 2 atom stereocenters. The molecule has 6 N–H and O–H groups in total. The zero-order chi connectivity index (χ0) is 22.0. The fraction of sp³-hybridized carbons (Fsp3) is 0.429. The number of carbonyl (C=O) groups excluding carboxylic acids is 2. The van der Waals surface area contributed by atoms with E-state index in [4.69, 9.17) is 11.5 Å². The Balaban J connectivity index is 1.57. The van der Waals surface area contributed by atoms with Crippen molar-refractivity contribution in [3.05, 3.63) is 35.8 Å². The largest absolute Gasteiger partial charge is 0.365 e. The standard InChI is InChI=1S/C21H26FN7O2/c22-14-10-13(19(24)31)20(28-21(14)27-16-5-2-1-4-15(16)23)26-12-7-8-17(25-11-12)29-9-3-6-18(29)30/h7-8,10-11,15-16H,1-6,9,23H2,(H2,24,31)(H2,26,27,28)/t15-,16+/m0/s1. The number of halogens is 1. The van der Waals surface area contributed by atoms with E-state index in [1.165, 1.54) is 6.20 Å². The lowest BCUT2D eigenvalue weighted by atomic mass is 9.91. The molecule has 3 heterocycles. The summed E-state index contributed by atoms with van der Waals surface area (Å²) in [6, 6.07) is 4.31. The Hall–Kier alpha value is -3.27. The van der Waals surface area contributed by atoms with E-state index in [9.17, 15) is 14.0 Å². The van der Waals surface area contributed by atoms with E-state index < -0.39 is 11.7 Å². The molecule has 2 amide bonds. The van der Waals surface area contributed by atoms with E-state index in [1.54, 1.807) is 17.0 Å². The Kier molecular flexibility index (Phi) is 5.99. The van der Waals surface area contributed by atoms with Crippen LogP contribution in [0.5, 0.6) is 0 Å². The minimum atomic E-state index is -0.804. The highest BCUT2D eigenvalue weighted by molar-refractivity contribution is 5.98. The third-order valence-electron chi connectivity index (χ3n) is 5.74. The molecule has 4 rings (SSSR count). The van der Waals surface area contributed by atoms with Gasteiger partial charge in [0.05, 0.1) is 17.4 Å². The summed E-state index contributed by atoms with van der Waals surface area (Å²) >= 11 is 0. The van der Waals surface area contributed by atoms with Gasteiger partial charge in [-0.15, -0.1) is 0 Å². The first kappa shape index (κ1) is 21.0. The molecule has 164 valence electrons. The molecule has 0 bridgehead atoms. The molecule has 2 aliphatic rings. The molecule has 31 heavy (non-hydrogen) atoms. The fourth-order valence-corrected chi connectivity index (χ4v) is 4.03. The highest BCUT2D eigenvalue weighted by Crippen LogP contribution is 2.27. The van der Waals surface area contributed by atoms with Gasteiger partial charge >= 0.3 is 0 Å². The molecule has 0 unspecified atom stereocenters. The third-order valence-corrected chi connectivity index (χ3v) is 5.74. The molecule has 2 aromatic rings. The number of pyridine rings is 2. The summed E-state index contributed by atoms with van der Waals surface area (Å²) in [6.07, 6.45) is 6.60. The molecular formula is C21H26FN7O2. The average molecular weight is 427 g/mol. The second kappa shape index (κ2) is 8.84. The van der Waals surface area contributed by atoms with Gasteiger partial charge in [0.2, 0.25) is 5.91 Å². The van der Waals surface area contributed by atoms with Gasteiger partial charge in [-0.1, -0.05) is 12.8 Å². The topological polar surface area (TPSA) is 139 Å². The third kappa shape index (κ3) is 4.58. The maximum absolute atomic E-state index is 14.6. The second-order valence-electron chi connectivity index (χ2n) is 7.96. The van der Waals surface area contributed by atoms with E-state index >= 15 is 0 Å². The van der Waals surface area contributed by atoms with Gasteiger partial charge < -0.3 is 22.1 Å². The highest BCUT2D eigenvalue weighted by Gasteiger charge is 2.25. The number of aromatic nitrogens is 2. The minimum Gasteiger partial charge on any atom is -0.365 e. The summed E-state index contributed by atoms with van der Waals surface area (Å²) in [4.78, 5) is 34.0. The number of rotatable bonds is 6. The van der Waals surface area contributed by atoms with Gasteiger partial charge in [0.15, 0.2) is 11.6 Å². The van der Waals surface area contributed by atoms with Gasteiger partial charge in [0, 0.05) is 25.0 Å². The van der Waals surface area contributed by atoms with Crippen LogP contribution in [-0.4, -0.2) is 40.4 Å². The van der Waals surface area contributed by atoms with Crippen LogP contribution in [0.3, 0.4) is 0 Å². The van der Waals surface area contributed by atoms with Crippen molar-refractivity contribution in [2.24, 2.45) is 11.5 Å². The van der Waals surface area contributed by atoms with E-state index in [2.05, 4.69) is 20.6 Å². The predicted molar refractivity (Wildman–Crippen MR) is 116 cm³/mol. The van der Waals surface area contributed by atoms with E-state index in [0.717, 1.165) is 38.2 Å². The van der Waals surface area contributed by atoms with E-state index in [0.29, 0.717) is 24.5 Å². The Morgan fingerprint density at radius 2 is 2.00 bits per heavy atom. The summed E-state index contributed by atoms with van der Waals surface area (Å²) in [6.45, 7) is 0.641. The number of amides is 2. The number of anilines is 4. The molecule has 0 radical (unpaired) electrons. The first-order chi connectivity index (χ1) is 14.9. The molecule has 1 aliphatic carbocycles. The Bertz CT molecular complexity index is 982. The van der Waals surface area contributed by atoms with Crippen molar-refractivity contribution in [1.29, 1.82) is 0 Å². The number of nitrogens with two attached hydrogens (primary N) is 2. The highest BCUT2D eigenvalue weighted by atomic mass is 19.1. The van der Waals surface area contributed by atoms with Crippen LogP contribution < -0.4 is 27.0 Å². The molecule has 1 aliphatic heterocycles. The van der Waals surface area contributed by atoms with Gasteiger partial charge in [-0.3, -0.25) is 14.5 Å². The van der Waals surface area contributed by atoms with Crippen LogP contribution in [0.4, 0.5) is 27.5 Å². The zero-order valence-corrected chi connectivity index (χ0v) is 17.1. The summed E-state index contributed by atoms with van der Waals surface area (Å²) in [5.74, 6) is -0.736. The maximum Gasteiger partial charge on any atom is 0.252 e. The zero-order valence-electron chi connectivity index (χ0n) is 17.1. The van der Waals surface area contributed by atoms with E-state index in [-0.39, 0.29) is 35.2 Å². The lowest BCUT2D eigenvalue weighted by molar-refractivity contribution is -0.117. The van der Waals surface area contributed by atoms with Crippen LogP contribution in [0.15, 0.2) is 24.4 Å². The second-order valence-corrected chi connectivity index (χ2v) is 7.96. The number of carbonyl (C=O) groups is 2. The average Bonchev–Trinajstić information content (AvgIpc) is 3.18. The summed E-state index contributed by atoms with van der Waals surface area (Å²) < 4.78 is 14.6. The van der Waals surface area contributed by atoms with Crippen LogP contribution >= 0.6 is 0 Å². The van der Waals surface area contributed by atoms with Crippen LogP contribution in [-0.2, 0) is 4.79 Å². The lowest BCUT2D eigenvalue weighted by Crippen LogP contribution is -2.43. The smallest absolute Gasteiger partial charge is 0.252 e. The number of hydrogen-bond acceptors (Lipinski definition) is 7. The first-order valence-electron chi connectivity index (χ1n) is 10.5. The van der Waals surface area contributed by atoms with Crippen molar-refractivity contribution >= 4 is 35.0 Å². The number of nitrogens with zero attached hydrogens (tertiary/aromatic N) is 3. The number of primary amides is 1. The van der Waals surface area contributed by atoms with Crippen molar-refractivity contribution in [3.8, 4) is 0 Å². The molecule has 9 nitrogen and oxygen atoms in total. The van der Waals surface area contributed by atoms with Crippen molar-refractivity contribution < 1.29 is 14.0 Å². The molecule has 1 saturated carbocycles. The molecule has 2 aromatic heterocycles. The van der Waals surface area contributed by atoms with Crippen LogP contribution in [0.1, 0.15) is 48.9 Å². The molecule has 2 fully saturated rings. The van der Waals surface area contributed by atoms with Gasteiger partial charge in [-0.2, -0.15) is 0 Å². The van der Waals surface area contributed by atoms with Gasteiger partial charge in [0.25, 0.3) is 5.91 Å². The van der Waals surface area contributed by atoms with Crippen LogP contribution in [0.2, 0.25) is 0 Å². The van der Waals surface area contributed by atoms with Crippen LogP contribution in [0, 0.1) is 5.82 Å². The Morgan fingerprint density at radius 1 is 1.19 bits per heavy atom. The molecule has 1 saturated heterocycles. The molecule has 0 spiro atoms. The summed E-state index contributed by atoms with van der Waals surface area (Å²) in [5.41, 5.74) is 12.0. The van der Waals surface area contributed by atoms with Crippen molar-refractivity contribution in [2.75, 3.05) is 22.1 Å². The number of hydrogen-bond donors (Lipinski definition) is 4.